The zero-order valence-electron chi connectivity index (χ0n) is 13.1. The molecule has 1 aromatic carbocycles. The summed E-state index contributed by atoms with van der Waals surface area (Å²) >= 11 is 0. The molecule has 0 radical (unpaired) electrons. The Kier molecular flexibility index (Phi) is 5.38. The lowest BCUT2D eigenvalue weighted by Gasteiger charge is -2.36. The van der Waals surface area contributed by atoms with Crippen LogP contribution in [0.25, 0.3) is 0 Å². The molecule has 6 nitrogen and oxygen atoms in total. The van der Waals surface area contributed by atoms with Gasteiger partial charge in [-0.1, -0.05) is 6.92 Å². The summed E-state index contributed by atoms with van der Waals surface area (Å²) in [6.45, 7) is 4.78. The lowest BCUT2D eigenvalue weighted by atomic mass is 10.1. The van der Waals surface area contributed by atoms with Crippen molar-refractivity contribution in [2.75, 3.05) is 39.8 Å². The first kappa shape index (κ1) is 16.3. The minimum Gasteiger partial charge on any atom is -0.508 e. The molecule has 1 aromatic rings. The van der Waals surface area contributed by atoms with Gasteiger partial charge in [0.15, 0.2) is 0 Å². The van der Waals surface area contributed by atoms with Crippen LogP contribution in [0.4, 0.5) is 0 Å². The number of rotatable bonds is 4. The number of phenolic OH excluding ortho intramolecular Hbond substituents is 1. The molecule has 0 saturated carbocycles. The van der Waals surface area contributed by atoms with Gasteiger partial charge in [0.25, 0.3) is 5.91 Å². The second-order valence-corrected chi connectivity index (χ2v) is 5.62. The predicted molar refractivity (Wildman–Crippen MR) is 83.7 cm³/mol. The van der Waals surface area contributed by atoms with E-state index in [9.17, 15) is 14.7 Å². The minimum absolute atomic E-state index is 0.0515. The van der Waals surface area contributed by atoms with Gasteiger partial charge >= 0.3 is 0 Å². The van der Waals surface area contributed by atoms with E-state index < -0.39 is 0 Å². The molecule has 1 aliphatic rings. The molecule has 120 valence electrons. The van der Waals surface area contributed by atoms with Crippen LogP contribution in [0.5, 0.6) is 5.75 Å². The van der Waals surface area contributed by atoms with Crippen LogP contribution in [0.15, 0.2) is 24.3 Å². The summed E-state index contributed by atoms with van der Waals surface area (Å²) < 4.78 is 0. The molecule has 0 spiro atoms. The minimum atomic E-state index is -0.0598. The monoisotopic (exact) mass is 305 g/mol. The van der Waals surface area contributed by atoms with Crippen molar-refractivity contribution in [3.63, 3.8) is 0 Å². The maximum absolute atomic E-state index is 12.4. The Hall–Kier alpha value is -2.08. The van der Waals surface area contributed by atoms with E-state index in [1.54, 1.807) is 17.0 Å². The van der Waals surface area contributed by atoms with Crippen molar-refractivity contribution in [3.8, 4) is 5.75 Å². The smallest absolute Gasteiger partial charge is 0.253 e. The number of hydrogen-bond donors (Lipinski definition) is 2. The highest BCUT2D eigenvalue weighted by Gasteiger charge is 2.27. The molecule has 1 aliphatic heterocycles. The topological polar surface area (TPSA) is 72.9 Å². The molecule has 1 fully saturated rings. The first-order chi connectivity index (χ1) is 10.5. The van der Waals surface area contributed by atoms with Gasteiger partial charge in [-0.15, -0.1) is 0 Å². The SMILES string of the molecule is CNCC(C)C(=O)N1CCN(C(=O)c2ccc(O)cc2)CC1. The van der Waals surface area contributed by atoms with E-state index in [1.807, 2.05) is 18.9 Å². The lowest BCUT2D eigenvalue weighted by Crippen LogP contribution is -2.52. The van der Waals surface area contributed by atoms with E-state index in [0.717, 1.165) is 0 Å². The van der Waals surface area contributed by atoms with E-state index in [2.05, 4.69) is 5.32 Å². The summed E-state index contributed by atoms with van der Waals surface area (Å²) in [5, 5.41) is 12.3. The van der Waals surface area contributed by atoms with Crippen LogP contribution in [0.1, 0.15) is 17.3 Å². The molecule has 2 N–H and O–H groups in total. The molecule has 0 aromatic heterocycles. The van der Waals surface area contributed by atoms with Crippen LogP contribution in [-0.4, -0.2) is 66.5 Å². The summed E-state index contributed by atoms with van der Waals surface area (Å²) in [5.74, 6) is 0.163. The standard InChI is InChI=1S/C16H23N3O3/c1-12(11-17-2)15(21)18-7-9-19(10-8-18)16(22)13-3-5-14(20)6-4-13/h3-6,12,17,20H,7-11H2,1-2H3. The predicted octanol–water partition coefficient (Wildman–Crippen LogP) is 0.532. The number of hydrogen-bond acceptors (Lipinski definition) is 4. The van der Waals surface area contributed by atoms with Crippen molar-refractivity contribution >= 4 is 11.8 Å². The quantitative estimate of drug-likeness (QED) is 0.851. The third-order valence-electron chi connectivity index (χ3n) is 3.92. The van der Waals surface area contributed by atoms with Crippen LogP contribution in [0.3, 0.4) is 0 Å². The largest absolute Gasteiger partial charge is 0.508 e. The average Bonchev–Trinajstić information content (AvgIpc) is 2.54. The molecule has 0 aliphatic carbocycles. The molecule has 22 heavy (non-hydrogen) atoms. The van der Waals surface area contributed by atoms with Gasteiger partial charge in [-0.05, 0) is 31.3 Å². The Bertz CT molecular complexity index is 522. The number of aromatic hydroxyl groups is 1. The number of amides is 2. The van der Waals surface area contributed by atoms with Crippen molar-refractivity contribution in [1.29, 1.82) is 0 Å². The first-order valence-electron chi connectivity index (χ1n) is 7.54. The fourth-order valence-corrected chi connectivity index (χ4v) is 2.62. The summed E-state index contributed by atoms with van der Waals surface area (Å²) in [7, 11) is 1.83. The van der Waals surface area contributed by atoms with Gasteiger partial charge in [-0.25, -0.2) is 0 Å². The molecule has 6 heteroatoms. The van der Waals surface area contributed by atoms with Gasteiger partial charge in [0.1, 0.15) is 5.75 Å². The van der Waals surface area contributed by atoms with Gasteiger partial charge in [0.2, 0.25) is 5.91 Å². The molecule has 2 rings (SSSR count). The average molecular weight is 305 g/mol. The summed E-state index contributed by atoms with van der Waals surface area (Å²) in [5.41, 5.74) is 0.557. The first-order valence-corrected chi connectivity index (χ1v) is 7.54. The zero-order valence-corrected chi connectivity index (χ0v) is 13.1. The van der Waals surface area contributed by atoms with E-state index in [-0.39, 0.29) is 23.5 Å². The van der Waals surface area contributed by atoms with Crippen LogP contribution >= 0.6 is 0 Å². The summed E-state index contributed by atoms with van der Waals surface area (Å²) in [6, 6.07) is 6.24. The number of nitrogens with zero attached hydrogens (tertiary/aromatic N) is 2. The Labute approximate surface area is 130 Å². The van der Waals surface area contributed by atoms with E-state index in [1.165, 1.54) is 12.1 Å². The second kappa shape index (κ2) is 7.26. The zero-order chi connectivity index (χ0) is 16.1. The Morgan fingerprint density at radius 2 is 1.68 bits per heavy atom. The van der Waals surface area contributed by atoms with Crippen molar-refractivity contribution in [2.45, 2.75) is 6.92 Å². The molecular weight excluding hydrogens is 282 g/mol. The third kappa shape index (κ3) is 3.76. The molecule has 1 saturated heterocycles. The number of phenols is 1. The fourth-order valence-electron chi connectivity index (χ4n) is 2.62. The van der Waals surface area contributed by atoms with Gasteiger partial charge < -0.3 is 20.2 Å². The fraction of sp³-hybridized carbons (Fsp3) is 0.500. The number of nitrogens with one attached hydrogen (secondary N) is 1. The van der Waals surface area contributed by atoms with Crippen LogP contribution in [0, 0.1) is 5.92 Å². The van der Waals surface area contributed by atoms with Gasteiger partial charge in [0.05, 0.1) is 0 Å². The van der Waals surface area contributed by atoms with E-state index in [0.29, 0.717) is 38.3 Å². The molecule has 0 bridgehead atoms. The molecule has 1 unspecified atom stereocenters. The van der Waals surface area contributed by atoms with E-state index in [4.69, 9.17) is 0 Å². The van der Waals surface area contributed by atoms with Crippen LogP contribution in [-0.2, 0) is 4.79 Å². The second-order valence-electron chi connectivity index (χ2n) is 5.62. The van der Waals surface area contributed by atoms with Crippen LogP contribution in [0.2, 0.25) is 0 Å². The van der Waals surface area contributed by atoms with Gasteiger partial charge in [0, 0.05) is 44.2 Å². The maximum atomic E-state index is 12.4. The number of benzene rings is 1. The number of piperazine rings is 1. The van der Waals surface area contributed by atoms with Crippen molar-refractivity contribution < 1.29 is 14.7 Å². The number of carbonyl (C=O) groups excluding carboxylic acids is 2. The van der Waals surface area contributed by atoms with Gasteiger partial charge in [-0.3, -0.25) is 9.59 Å². The Balaban J connectivity index is 1.90. The molecule has 2 amide bonds. The van der Waals surface area contributed by atoms with Crippen molar-refractivity contribution in [1.82, 2.24) is 15.1 Å². The highest BCUT2D eigenvalue weighted by atomic mass is 16.3. The van der Waals surface area contributed by atoms with Crippen molar-refractivity contribution in [3.05, 3.63) is 29.8 Å². The van der Waals surface area contributed by atoms with Gasteiger partial charge in [-0.2, -0.15) is 0 Å². The number of carbonyl (C=O) groups is 2. The van der Waals surface area contributed by atoms with Crippen LogP contribution < -0.4 is 5.32 Å². The maximum Gasteiger partial charge on any atom is 0.253 e. The summed E-state index contributed by atoms with van der Waals surface area (Å²) in [4.78, 5) is 28.2. The molecule has 1 heterocycles. The van der Waals surface area contributed by atoms with E-state index >= 15 is 0 Å². The normalized spacial score (nSPS) is 16.5. The highest BCUT2D eigenvalue weighted by molar-refractivity contribution is 5.94. The molecule has 1 atom stereocenters. The lowest BCUT2D eigenvalue weighted by molar-refractivity contribution is -0.136. The third-order valence-corrected chi connectivity index (χ3v) is 3.92. The Morgan fingerprint density at radius 3 is 2.23 bits per heavy atom. The Morgan fingerprint density at radius 1 is 1.14 bits per heavy atom. The highest BCUT2D eigenvalue weighted by Crippen LogP contribution is 2.14. The van der Waals surface area contributed by atoms with Crippen molar-refractivity contribution in [2.24, 2.45) is 5.92 Å². The molecular formula is C16H23N3O3. The summed E-state index contributed by atoms with van der Waals surface area (Å²) in [6.07, 6.45) is 0.